The molecule has 54 heavy (non-hydrogen) atoms. The third-order valence-electron chi connectivity index (χ3n) is 9.73. The standard InChI is InChI=1S/C44H77NO9/c1-3-5-7-9-11-13-15-17-18-19-20-21-23-25-27-29-31-33-39(48)45-36(35-53-44-43(52)42(51)41(50)38(34-46)54-44)40(49)37(47)32-30-28-26-24-22-16-14-12-10-8-6-4-2/h5,7,11,13,17-18,20-21,25,27,36-38,40-44,46-47,49-52H,3-4,6,8-10,12,14-16,19,22-24,26,28-35H2,1-2H3,(H,45,48)/b7-5-,13-11-,18-17-,21-20-,27-25-/t36-,37+,38?,40-,41?,42?,43?,44?/m0/s1. The molecule has 5 unspecified atom stereocenters. The van der Waals surface area contributed by atoms with E-state index in [1.807, 2.05) is 6.08 Å². The number of hydrogen-bond acceptors (Lipinski definition) is 9. The van der Waals surface area contributed by atoms with Gasteiger partial charge in [-0.15, -0.1) is 0 Å². The van der Waals surface area contributed by atoms with Gasteiger partial charge >= 0.3 is 0 Å². The molecule has 7 N–H and O–H groups in total. The van der Waals surface area contributed by atoms with Crippen molar-refractivity contribution in [1.29, 1.82) is 0 Å². The van der Waals surface area contributed by atoms with Crippen molar-refractivity contribution in [2.45, 2.75) is 198 Å². The lowest BCUT2D eigenvalue weighted by Crippen LogP contribution is -2.60. The summed E-state index contributed by atoms with van der Waals surface area (Å²) in [6.45, 7) is 3.42. The normalized spacial score (nSPS) is 22.7. The fourth-order valence-electron chi connectivity index (χ4n) is 6.29. The fourth-order valence-corrected chi connectivity index (χ4v) is 6.29. The van der Waals surface area contributed by atoms with Crippen molar-refractivity contribution in [3.8, 4) is 0 Å². The van der Waals surface area contributed by atoms with E-state index in [1.165, 1.54) is 51.4 Å². The van der Waals surface area contributed by atoms with Crippen molar-refractivity contribution in [2.75, 3.05) is 13.2 Å². The topological polar surface area (TPSA) is 169 Å². The minimum Gasteiger partial charge on any atom is -0.394 e. The maximum Gasteiger partial charge on any atom is 0.220 e. The monoisotopic (exact) mass is 764 g/mol. The second-order valence-corrected chi connectivity index (χ2v) is 14.5. The molecule has 0 aromatic rings. The average molecular weight is 764 g/mol. The van der Waals surface area contributed by atoms with Crippen LogP contribution >= 0.6 is 0 Å². The molecule has 1 aliphatic rings. The van der Waals surface area contributed by atoms with Crippen molar-refractivity contribution in [3.63, 3.8) is 0 Å². The highest BCUT2D eigenvalue weighted by Crippen LogP contribution is 2.23. The van der Waals surface area contributed by atoms with E-state index in [9.17, 15) is 35.4 Å². The van der Waals surface area contributed by atoms with Gasteiger partial charge in [-0.05, 0) is 51.4 Å². The highest BCUT2D eigenvalue weighted by Gasteiger charge is 2.44. The molecule has 10 heteroatoms. The third kappa shape index (κ3) is 24.4. The summed E-state index contributed by atoms with van der Waals surface area (Å²) in [4.78, 5) is 12.9. The molecular weight excluding hydrogens is 686 g/mol. The zero-order chi connectivity index (χ0) is 39.7. The van der Waals surface area contributed by atoms with E-state index >= 15 is 0 Å². The lowest BCUT2D eigenvalue weighted by atomic mass is 9.98. The lowest BCUT2D eigenvalue weighted by molar-refractivity contribution is -0.303. The van der Waals surface area contributed by atoms with E-state index in [2.05, 4.69) is 73.8 Å². The van der Waals surface area contributed by atoms with Gasteiger partial charge in [0.25, 0.3) is 0 Å². The van der Waals surface area contributed by atoms with Crippen LogP contribution in [0.1, 0.15) is 149 Å². The minimum atomic E-state index is -1.62. The minimum absolute atomic E-state index is 0.201. The Labute approximate surface area is 327 Å². The number of rotatable bonds is 33. The smallest absolute Gasteiger partial charge is 0.220 e. The number of aliphatic hydroxyl groups excluding tert-OH is 6. The number of amides is 1. The van der Waals surface area contributed by atoms with Crippen molar-refractivity contribution in [3.05, 3.63) is 60.8 Å². The Balaban J connectivity index is 2.51. The number of allylic oxidation sites excluding steroid dienone is 10. The van der Waals surface area contributed by atoms with Crippen molar-refractivity contribution in [1.82, 2.24) is 5.32 Å². The molecule has 1 fully saturated rings. The summed E-state index contributed by atoms with van der Waals surface area (Å²) in [5.74, 6) is -0.318. The first-order chi connectivity index (χ1) is 26.3. The Morgan fingerprint density at radius 3 is 1.69 bits per heavy atom. The third-order valence-corrected chi connectivity index (χ3v) is 9.73. The van der Waals surface area contributed by atoms with Crippen LogP contribution in [0, 0.1) is 0 Å². The van der Waals surface area contributed by atoms with Crippen LogP contribution in [-0.2, 0) is 14.3 Å². The number of unbranched alkanes of at least 4 members (excludes halogenated alkanes) is 12. The predicted molar refractivity (Wildman–Crippen MR) is 218 cm³/mol. The van der Waals surface area contributed by atoms with Crippen LogP contribution in [0.5, 0.6) is 0 Å². The largest absolute Gasteiger partial charge is 0.394 e. The van der Waals surface area contributed by atoms with Gasteiger partial charge in [-0.25, -0.2) is 0 Å². The van der Waals surface area contributed by atoms with E-state index in [0.29, 0.717) is 19.3 Å². The molecule has 0 aromatic heterocycles. The molecule has 312 valence electrons. The summed E-state index contributed by atoms with van der Waals surface area (Å²) in [6, 6.07) is -1.02. The molecule has 0 spiro atoms. The molecule has 10 nitrogen and oxygen atoms in total. The predicted octanol–water partition coefficient (Wildman–Crippen LogP) is 7.02. The van der Waals surface area contributed by atoms with Crippen LogP contribution in [0.2, 0.25) is 0 Å². The number of nitrogens with one attached hydrogen (secondary N) is 1. The molecule has 1 aliphatic heterocycles. The molecule has 0 bridgehead atoms. The van der Waals surface area contributed by atoms with Gasteiger partial charge in [-0.2, -0.15) is 0 Å². The number of aliphatic hydroxyl groups is 6. The van der Waals surface area contributed by atoms with Crippen LogP contribution in [0.15, 0.2) is 60.8 Å². The molecular formula is C44H77NO9. The summed E-state index contributed by atoms with van der Waals surface area (Å²) in [6.07, 6.45) is 32.3. The molecule has 1 amide bonds. The molecule has 0 aromatic carbocycles. The highest BCUT2D eigenvalue weighted by atomic mass is 16.7. The molecule has 1 heterocycles. The van der Waals surface area contributed by atoms with E-state index in [-0.39, 0.29) is 18.9 Å². The maximum atomic E-state index is 12.9. The Morgan fingerprint density at radius 2 is 1.17 bits per heavy atom. The number of carbonyl (C=O) groups is 1. The first kappa shape index (κ1) is 49.9. The van der Waals surface area contributed by atoms with Crippen LogP contribution in [0.4, 0.5) is 0 Å². The van der Waals surface area contributed by atoms with Crippen molar-refractivity contribution >= 4 is 5.91 Å². The molecule has 8 atom stereocenters. The fraction of sp³-hybridized carbons (Fsp3) is 0.750. The number of carbonyl (C=O) groups excluding carboxylic acids is 1. The zero-order valence-electron chi connectivity index (χ0n) is 33.6. The summed E-state index contributed by atoms with van der Waals surface area (Å²) >= 11 is 0. The van der Waals surface area contributed by atoms with E-state index in [1.54, 1.807) is 0 Å². The number of hydrogen-bond donors (Lipinski definition) is 7. The van der Waals surface area contributed by atoms with Gasteiger partial charge in [0.15, 0.2) is 6.29 Å². The molecule has 0 aliphatic carbocycles. The van der Waals surface area contributed by atoms with E-state index in [4.69, 9.17) is 9.47 Å². The molecule has 1 rings (SSSR count). The first-order valence-electron chi connectivity index (χ1n) is 21.1. The zero-order valence-corrected chi connectivity index (χ0v) is 33.6. The quantitative estimate of drug-likeness (QED) is 0.0274. The summed E-state index contributed by atoms with van der Waals surface area (Å²) in [5.41, 5.74) is 0. The van der Waals surface area contributed by atoms with Crippen LogP contribution < -0.4 is 5.32 Å². The Morgan fingerprint density at radius 1 is 0.667 bits per heavy atom. The van der Waals surface area contributed by atoms with Gasteiger partial charge in [0.1, 0.15) is 30.5 Å². The lowest BCUT2D eigenvalue weighted by Gasteiger charge is -2.40. The van der Waals surface area contributed by atoms with E-state index in [0.717, 1.165) is 57.8 Å². The summed E-state index contributed by atoms with van der Waals surface area (Å²) in [7, 11) is 0. The Kier molecular flexibility index (Phi) is 31.5. The molecule has 1 saturated heterocycles. The van der Waals surface area contributed by atoms with Gasteiger partial charge in [-0.3, -0.25) is 4.79 Å². The average Bonchev–Trinajstić information content (AvgIpc) is 3.17. The van der Waals surface area contributed by atoms with Gasteiger partial charge in [0.2, 0.25) is 5.91 Å². The van der Waals surface area contributed by atoms with Crippen molar-refractivity contribution in [2.24, 2.45) is 0 Å². The van der Waals surface area contributed by atoms with Gasteiger partial charge in [0.05, 0.1) is 25.4 Å². The second-order valence-electron chi connectivity index (χ2n) is 14.5. The Bertz CT molecular complexity index is 1040. The highest BCUT2D eigenvalue weighted by molar-refractivity contribution is 5.76. The van der Waals surface area contributed by atoms with Crippen LogP contribution in [0.3, 0.4) is 0 Å². The molecule has 0 saturated carbocycles. The summed E-state index contributed by atoms with van der Waals surface area (Å²) in [5, 5.41) is 64.9. The van der Waals surface area contributed by atoms with Gasteiger partial charge in [0, 0.05) is 6.42 Å². The Hall–Kier alpha value is -2.15. The van der Waals surface area contributed by atoms with Gasteiger partial charge < -0.3 is 45.4 Å². The SMILES string of the molecule is CC/C=C\C/C=C\C/C=C\C/C=C\C/C=C\CCCC(=O)N[C@@H](COC1OC(CO)C(O)C(O)C1O)[C@H](O)[C@H](O)CCCCCCCCCCCCCC. The number of ether oxygens (including phenoxy) is 2. The van der Waals surface area contributed by atoms with Crippen molar-refractivity contribution < 1.29 is 44.9 Å². The van der Waals surface area contributed by atoms with Gasteiger partial charge in [-0.1, -0.05) is 152 Å². The second kappa shape index (κ2) is 34.1. The van der Waals surface area contributed by atoms with Crippen LogP contribution in [-0.4, -0.2) is 98.7 Å². The molecule has 0 radical (unpaired) electrons. The first-order valence-corrected chi connectivity index (χ1v) is 21.1. The van der Waals surface area contributed by atoms with E-state index < -0.39 is 55.6 Å². The summed E-state index contributed by atoms with van der Waals surface area (Å²) < 4.78 is 11.1. The maximum absolute atomic E-state index is 12.9. The van der Waals surface area contributed by atoms with Crippen LogP contribution in [0.25, 0.3) is 0 Å².